The molecule has 0 spiro atoms. The van der Waals surface area contributed by atoms with Gasteiger partial charge in [-0.1, -0.05) is 84.4 Å². The largest absolute Gasteiger partial charge is 0.422 e. The van der Waals surface area contributed by atoms with Gasteiger partial charge in [0.2, 0.25) is 0 Å². The Balaban J connectivity index is 1.47. The molecule has 0 radical (unpaired) electrons. The molecule has 0 atom stereocenters. The van der Waals surface area contributed by atoms with Crippen molar-refractivity contribution in [3.8, 4) is 44.8 Å². The first-order chi connectivity index (χ1) is 19.1. The summed E-state index contributed by atoms with van der Waals surface area (Å²) in [6.45, 7) is 4.12. The average molecular weight is 506 g/mol. The number of benzene rings is 4. The van der Waals surface area contributed by atoms with Gasteiger partial charge in [-0.05, 0) is 84.3 Å². The Bertz CT molecular complexity index is 1930. The quantitative estimate of drug-likeness (QED) is 0.226. The Kier molecular flexibility index (Phi) is 5.52. The van der Waals surface area contributed by atoms with Gasteiger partial charge in [0.15, 0.2) is 0 Å². The molecule has 3 heteroatoms. The van der Waals surface area contributed by atoms with Gasteiger partial charge in [0.25, 0.3) is 0 Å². The van der Waals surface area contributed by atoms with E-state index in [1.807, 2.05) is 49.4 Å². The number of hydrogen-bond donors (Lipinski definition) is 0. The van der Waals surface area contributed by atoms with E-state index in [1.54, 1.807) is 0 Å². The molecule has 188 valence electrons. The normalized spacial score (nSPS) is 12.3. The second-order valence-corrected chi connectivity index (χ2v) is 10.4. The number of hydrogen-bond acceptors (Lipinski definition) is 3. The van der Waals surface area contributed by atoms with Crippen LogP contribution in [-0.2, 0) is 12.8 Å². The zero-order chi connectivity index (χ0) is 26.5. The summed E-state index contributed by atoms with van der Waals surface area (Å²) in [7, 11) is 0. The summed E-state index contributed by atoms with van der Waals surface area (Å²) in [4.78, 5) is 18.2. The number of nitrogens with zero attached hydrogens (tertiary/aromatic N) is 1. The smallest absolute Gasteiger partial charge is 0.344 e. The molecule has 0 saturated carbocycles. The van der Waals surface area contributed by atoms with Crippen LogP contribution in [0.5, 0.6) is 0 Å². The summed E-state index contributed by atoms with van der Waals surface area (Å²) < 4.78 is 5.78. The lowest BCUT2D eigenvalue weighted by Crippen LogP contribution is -2.08. The Morgan fingerprint density at radius 1 is 0.692 bits per heavy atom. The molecule has 1 aliphatic carbocycles. The monoisotopic (exact) mass is 505 g/mol. The van der Waals surface area contributed by atoms with Crippen molar-refractivity contribution in [3.63, 3.8) is 0 Å². The fourth-order valence-corrected chi connectivity index (χ4v) is 5.86. The van der Waals surface area contributed by atoms with Crippen LogP contribution in [0.25, 0.3) is 55.7 Å². The summed E-state index contributed by atoms with van der Waals surface area (Å²) >= 11 is 0. The van der Waals surface area contributed by atoms with Crippen LogP contribution in [0.15, 0.2) is 112 Å². The molecule has 2 heterocycles. The lowest BCUT2D eigenvalue weighted by molar-refractivity contribution is 0.562. The van der Waals surface area contributed by atoms with E-state index in [4.69, 9.17) is 9.40 Å². The van der Waals surface area contributed by atoms with Gasteiger partial charge in [-0.15, -0.1) is 0 Å². The second kappa shape index (κ2) is 9.21. The molecular weight excluding hydrogens is 478 g/mol. The highest BCUT2D eigenvalue weighted by Crippen LogP contribution is 2.40. The summed E-state index contributed by atoms with van der Waals surface area (Å²) in [6, 6.07) is 35.3. The molecule has 0 unspecified atom stereocenters. The molecule has 0 aliphatic heterocycles. The maximum absolute atomic E-state index is 12.9. The average Bonchev–Trinajstić information content (AvgIpc) is 2.97. The molecule has 7 rings (SSSR count). The SMILES string of the molecule is Cc1ccc(-c2cc(-c3ccc4oc(=O)c(-c5ccccc5)c(C)c4c3)nc3c2CCc2ccccc2-3)cc1. The van der Waals surface area contributed by atoms with Gasteiger partial charge in [-0.3, -0.25) is 0 Å². The predicted molar refractivity (Wildman–Crippen MR) is 159 cm³/mol. The van der Waals surface area contributed by atoms with Crippen molar-refractivity contribution in [3.05, 3.63) is 136 Å². The summed E-state index contributed by atoms with van der Waals surface area (Å²) in [5.41, 5.74) is 13.1. The van der Waals surface area contributed by atoms with Gasteiger partial charge in [0.05, 0.1) is 17.0 Å². The van der Waals surface area contributed by atoms with Gasteiger partial charge in [-0.2, -0.15) is 0 Å². The van der Waals surface area contributed by atoms with E-state index in [0.717, 1.165) is 46.3 Å². The van der Waals surface area contributed by atoms with Crippen LogP contribution in [-0.4, -0.2) is 4.98 Å². The number of aromatic nitrogens is 1. The summed E-state index contributed by atoms with van der Waals surface area (Å²) in [5.74, 6) is 0. The highest BCUT2D eigenvalue weighted by atomic mass is 16.4. The van der Waals surface area contributed by atoms with Crippen LogP contribution in [0, 0.1) is 13.8 Å². The number of pyridine rings is 1. The van der Waals surface area contributed by atoms with Crippen molar-refractivity contribution < 1.29 is 4.42 Å². The molecule has 39 heavy (non-hydrogen) atoms. The van der Waals surface area contributed by atoms with Crippen LogP contribution in [0.4, 0.5) is 0 Å². The third kappa shape index (κ3) is 3.98. The molecule has 0 N–H and O–H groups in total. The fraction of sp³-hybridized carbons (Fsp3) is 0.111. The first-order valence-electron chi connectivity index (χ1n) is 13.4. The van der Waals surface area contributed by atoms with E-state index < -0.39 is 0 Å². The molecule has 0 fully saturated rings. The van der Waals surface area contributed by atoms with E-state index in [0.29, 0.717) is 11.1 Å². The van der Waals surface area contributed by atoms with E-state index in [-0.39, 0.29) is 5.63 Å². The minimum atomic E-state index is -0.316. The first-order valence-corrected chi connectivity index (χ1v) is 13.4. The van der Waals surface area contributed by atoms with Crippen LogP contribution < -0.4 is 5.63 Å². The molecule has 4 aromatic carbocycles. The standard InChI is InChI=1S/C36H27NO2/c1-22-12-14-25(15-13-22)31-21-32(37-35-28-11-7-6-8-24(28)16-18-29(31)35)27-17-19-33-30(20-27)23(2)34(36(38)39-33)26-9-4-3-5-10-26/h3-15,17,19-21H,16,18H2,1-2H3. The van der Waals surface area contributed by atoms with Crippen LogP contribution in [0.1, 0.15) is 22.3 Å². The predicted octanol–water partition coefficient (Wildman–Crippen LogP) is 8.57. The Hall–Kier alpha value is -4.76. The molecule has 3 nitrogen and oxygen atoms in total. The van der Waals surface area contributed by atoms with Crippen molar-refractivity contribution in [2.24, 2.45) is 0 Å². The molecule has 2 aromatic heterocycles. The molecule has 6 aromatic rings. The van der Waals surface area contributed by atoms with E-state index in [1.165, 1.54) is 33.4 Å². The third-order valence-electron chi connectivity index (χ3n) is 7.93. The number of rotatable bonds is 3. The molecule has 0 saturated heterocycles. The highest BCUT2D eigenvalue weighted by molar-refractivity contribution is 5.91. The summed E-state index contributed by atoms with van der Waals surface area (Å²) in [5, 5.41) is 0.919. The number of aryl methyl sites for hydroxylation is 3. The maximum Gasteiger partial charge on any atom is 0.344 e. The van der Waals surface area contributed by atoms with Gasteiger partial charge < -0.3 is 4.42 Å². The zero-order valence-corrected chi connectivity index (χ0v) is 22.0. The molecule has 1 aliphatic rings. The zero-order valence-electron chi connectivity index (χ0n) is 22.0. The first kappa shape index (κ1) is 23.4. The van der Waals surface area contributed by atoms with Crippen molar-refractivity contribution in [1.82, 2.24) is 4.98 Å². The van der Waals surface area contributed by atoms with E-state index in [9.17, 15) is 4.79 Å². The van der Waals surface area contributed by atoms with Crippen molar-refractivity contribution in [2.45, 2.75) is 26.7 Å². The topological polar surface area (TPSA) is 43.1 Å². The Labute approximate surface area is 227 Å². The number of fused-ring (bicyclic) bond motifs is 4. The summed E-state index contributed by atoms with van der Waals surface area (Å²) in [6.07, 6.45) is 1.98. The van der Waals surface area contributed by atoms with Crippen molar-refractivity contribution in [2.75, 3.05) is 0 Å². The van der Waals surface area contributed by atoms with E-state index in [2.05, 4.69) is 67.6 Å². The van der Waals surface area contributed by atoms with Gasteiger partial charge in [0, 0.05) is 16.5 Å². The van der Waals surface area contributed by atoms with Gasteiger partial charge in [-0.25, -0.2) is 9.78 Å². The fourth-order valence-electron chi connectivity index (χ4n) is 5.86. The molecular formula is C36H27NO2. The Morgan fingerprint density at radius 2 is 1.44 bits per heavy atom. The van der Waals surface area contributed by atoms with Crippen molar-refractivity contribution in [1.29, 1.82) is 0 Å². The van der Waals surface area contributed by atoms with Crippen molar-refractivity contribution >= 4 is 11.0 Å². The highest BCUT2D eigenvalue weighted by Gasteiger charge is 2.23. The maximum atomic E-state index is 12.9. The molecule has 0 amide bonds. The van der Waals surface area contributed by atoms with Crippen LogP contribution in [0.3, 0.4) is 0 Å². The van der Waals surface area contributed by atoms with E-state index >= 15 is 0 Å². The molecule has 0 bridgehead atoms. The van der Waals surface area contributed by atoms with Crippen LogP contribution in [0.2, 0.25) is 0 Å². The van der Waals surface area contributed by atoms with Crippen LogP contribution >= 0.6 is 0 Å². The Morgan fingerprint density at radius 3 is 2.26 bits per heavy atom. The second-order valence-electron chi connectivity index (χ2n) is 10.4. The third-order valence-corrected chi connectivity index (χ3v) is 7.93. The van der Waals surface area contributed by atoms with Gasteiger partial charge >= 0.3 is 5.63 Å². The minimum Gasteiger partial charge on any atom is -0.422 e. The lowest BCUT2D eigenvalue weighted by Gasteiger charge is -2.23. The lowest BCUT2D eigenvalue weighted by atomic mass is 9.84. The van der Waals surface area contributed by atoms with Gasteiger partial charge in [0.1, 0.15) is 5.58 Å². The minimum absolute atomic E-state index is 0.316.